The second-order valence-electron chi connectivity index (χ2n) is 5.56. The van der Waals surface area contributed by atoms with Crippen molar-refractivity contribution in [3.05, 3.63) is 46.2 Å². The molecule has 1 fully saturated rings. The van der Waals surface area contributed by atoms with Gasteiger partial charge in [-0.1, -0.05) is 15.9 Å². The molecule has 0 radical (unpaired) electrons. The number of hydrogen-bond donors (Lipinski definition) is 1. The minimum Gasteiger partial charge on any atom is -0.393 e. The normalized spacial score (nSPS) is 16.0. The Morgan fingerprint density at radius 1 is 1.27 bits per heavy atom. The van der Waals surface area contributed by atoms with Crippen molar-refractivity contribution in [3.8, 4) is 5.69 Å². The minimum atomic E-state index is -0.282. The second-order valence-corrected chi connectivity index (χ2v) is 6.47. The molecule has 0 atom stereocenters. The third kappa shape index (κ3) is 2.94. The van der Waals surface area contributed by atoms with E-state index in [-0.39, 0.29) is 12.0 Å². The Morgan fingerprint density at radius 3 is 2.55 bits per heavy atom. The Kier molecular flexibility index (Phi) is 4.31. The third-order valence-electron chi connectivity index (χ3n) is 4.06. The van der Waals surface area contributed by atoms with Crippen molar-refractivity contribution in [1.29, 1.82) is 0 Å². The van der Waals surface area contributed by atoms with Gasteiger partial charge in [0.05, 0.1) is 29.2 Å². The van der Waals surface area contributed by atoms with Crippen LogP contribution in [0.1, 0.15) is 28.9 Å². The SMILES string of the molecule is Cc1c(C(=O)N2CCC(O)CC2)cnn1-c1ccc(Br)cc1. The molecule has 0 bridgehead atoms. The van der Waals surface area contributed by atoms with E-state index in [1.54, 1.807) is 15.8 Å². The fraction of sp³-hybridized carbons (Fsp3) is 0.375. The molecule has 1 saturated heterocycles. The molecule has 0 aliphatic carbocycles. The number of aromatic nitrogens is 2. The van der Waals surface area contributed by atoms with Gasteiger partial charge < -0.3 is 10.0 Å². The lowest BCUT2D eigenvalue weighted by Crippen LogP contribution is -2.40. The summed E-state index contributed by atoms with van der Waals surface area (Å²) < 4.78 is 2.78. The first kappa shape index (κ1) is 15.2. The van der Waals surface area contributed by atoms with Crippen molar-refractivity contribution in [1.82, 2.24) is 14.7 Å². The maximum absolute atomic E-state index is 12.6. The lowest BCUT2D eigenvalue weighted by Gasteiger charge is -2.29. The fourth-order valence-corrected chi connectivity index (χ4v) is 2.97. The Labute approximate surface area is 137 Å². The smallest absolute Gasteiger partial charge is 0.257 e. The molecule has 6 heteroatoms. The van der Waals surface area contributed by atoms with Gasteiger partial charge in [0.15, 0.2) is 0 Å². The van der Waals surface area contributed by atoms with Crippen LogP contribution < -0.4 is 0 Å². The van der Waals surface area contributed by atoms with Gasteiger partial charge in [-0.2, -0.15) is 5.10 Å². The van der Waals surface area contributed by atoms with Crippen LogP contribution in [0.25, 0.3) is 5.69 Å². The molecule has 0 unspecified atom stereocenters. The van der Waals surface area contributed by atoms with Crippen LogP contribution in [0.15, 0.2) is 34.9 Å². The van der Waals surface area contributed by atoms with Crippen LogP contribution in [0.5, 0.6) is 0 Å². The zero-order chi connectivity index (χ0) is 15.7. The third-order valence-corrected chi connectivity index (χ3v) is 4.59. The van der Waals surface area contributed by atoms with Crippen LogP contribution >= 0.6 is 15.9 Å². The van der Waals surface area contributed by atoms with Crippen molar-refractivity contribution in [3.63, 3.8) is 0 Å². The summed E-state index contributed by atoms with van der Waals surface area (Å²) in [4.78, 5) is 14.4. The molecule has 1 aliphatic rings. The number of hydrogen-bond acceptors (Lipinski definition) is 3. The molecular formula is C16H18BrN3O2. The van der Waals surface area contributed by atoms with E-state index in [9.17, 15) is 9.90 Å². The van der Waals surface area contributed by atoms with Crippen molar-refractivity contribution in [2.24, 2.45) is 0 Å². The standard InChI is InChI=1S/C16H18BrN3O2/c1-11-15(16(22)19-8-6-14(21)7-9-19)10-18-20(11)13-4-2-12(17)3-5-13/h2-5,10,14,21H,6-9H2,1H3. The Balaban J connectivity index is 1.84. The zero-order valence-electron chi connectivity index (χ0n) is 12.4. The summed E-state index contributed by atoms with van der Waals surface area (Å²) in [5, 5.41) is 13.9. The van der Waals surface area contributed by atoms with Gasteiger partial charge in [-0.05, 0) is 44.0 Å². The minimum absolute atomic E-state index is 0.00670. The van der Waals surface area contributed by atoms with Gasteiger partial charge in [0, 0.05) is 17.6 Å². The first-order valence-electron chi connectivity index (χ1n) is 7.34. The number of benzene rings is 1. The highest BCUT2D eigenvalue weighted by molar-refractivity contribution is 9.10. The molecule has 1 aromatic carbocycles. The molecule has 2 aromatic rings. The van der Waals surface area contributed by atoms with E-state index in [0.717, 1.165) is 15.9 Å². The molecule has 1 aromatic heterocycles. The first-order chi connectivity index (χ1) is 10.6. The van der Waals surface area contributed by atoms with Crippen LogP contribution in [0.3, 0.4) is 0 Å². The fourth-order valence-electron chi connectivity index (χ4n) is 2.70. The number of halogens is 1. The van der Waals surface area contributed by atoms with E-state index in [1.165, 1.54) is 0 Å². The van der Waals surface area contributed by atoms with Gasteiger partial charge in [0.1, 0.15) is 0 Å². The second kappa shape index (κ2) is 6.22. The summed E-state index contributed by atoms with van der Waals surface area (Å²) >= 11 is 3.41. The molecule has 1 amide bonds. The molecule has 0 spiro atoms. The molecular weight excluding hydrogens is 346 g/mol. The van der Waals surface area contributed by atoms with E-state index >= 15 is 0 Å². The number of rotatable bonds is 2. The van der Waals surface area contributed by atoms with E-state index in [0.29, 0.717) is 31.5 Å². The van der Waals surface area contributed by atoms with Crippen LogP contribution in [0, 0.1) is 6.92 Å². The molecule has 5 nitrogen and oxygen atoms in total. The van der Waals surface area contributed by atoms with Crippen molar-refractivity contribution >= 4 is 21.8 Å². The summed E-state index contributed by atoms with van der Waals surface area (Å²) in [5.41, 5.74) is 2.38. The highest BCUT2D eigenvalue weighted by Crippen LogP contribution is 2.20. The predicted octanol–water partition coefficient (Wildman–Crippen LogP) is 2.54. The van der Waals surface area contributed by atoms with E-state index in [1.807, 2.05) is 31.2 Å². The van der Waals surface area contributed by atoms with Gasteiger partial charge in [-0.3, -0.25) is 4.79 Å². The van der Waals surface area contributed by atoms with Gasteiger partial charge in [-0.15, -0.1) is 0 Å². The number of carbonyl (C=O) groups is 1. The quantitative estimate of drug-likeness (QED) is 0.891. The summed E-state index contributed by atoms with van der Waals surface area (Å²) in [6.45, 7) is 3.10. The molecule has 1 N–H and O–H groups in total. The highest BCUT2D eigenvalue weighted by Gasteiger charge is 2.25. The van der Waals surface area contributed by atoms with E-state index < -0.39 is 0 Å². The number of aliphatic hydroxyl groups is 1. The zero-order valence-corrected chi connectivity index (χ0v) is 14.0. The molecule has 2 heterocycles. The molecule has 22 heavy (non-hydrogen) atoms. The van der Waals surface area contributed by atoms with E-state index in [2.05, 4.69) is 21.0 Å². The Morgan fingerprint density at radius 2 is 1.91 bits per heavy atom. The Hall–Kier alpha value is -1.66. The number of piperidine rings is 1. The largest absolute Gasteiger partial charge is 0.393 e. The van der Waals surface area contributed by atoms with Gasteiger partial charge in [-0.25, -0.2) is 4.68 Å². The van der Waals surface area contributed by atoms with Gasteiger partial charge in [0.25, 0.3) is 5.91 Å². The maximum atomic E-state index is 12.6. The van der Waals surface area contributed by atoms with Gasteiger partial charge >= 0.3 is 0 Å². The monoisotopic (exact) mass is 363 g/mol. The molecule has 3 rings (SSSR count). The number of aliphatic hydroxyl groups excluding tert-OH is 1. The average molecular weight is 364 g/mol. The average Bonchev–Trinajstić information content (AvgIpc) is 2.90. The Bertz CT molecular complexity index is 673. The van der Waals surface area contributed by atoms with Crippen molar-refractivity contribution < 1.29 is 9.90 Å². The lowest BCUT2D eigenvalue weighted by atomic mass is 10.1. The predicted molar refractivity (Wildman–Crippen MR) is 87.1 cm³/mol. The van der Waals surface area contributed by atoms with Crippen LogP contribution in [0.4, 0.5) is 0 Å². The van der Waals surface area contributed by atoms with E-state index in [4.69, 9.17) is 0 Å². The van der Waals surface area contributed by atoms with Crippen molar-refractivity contribution in [2.75, 3.05) is 13.1 Å². The number of nitrogens with zero attached hydrogens (tertiary/aromatic N) is 3. The van der Waals surface area contributed by atoms with Crippen LogP contribution in [0.2, 0.25) is 0 Å². The van der Waals surface area contributed by atoms with Crippen LogP contribution in [-0.4, -0.2) is 44.9 Å². The number of carbonyl (C=O) groups excluding carboxylic acids is 1. The van der Waals surface area contributed by atoms with Crippen LogP contribution in [-0.2, 0) is 0 Å². The molecule has 1 aliphatic heterocycles. The lowest BCUT2D eigenvalue weighted by molar-refractivity contribution is 0.0546. The molecule has 116 valence electrons. The number of amides is 1. The molecule has 0 saturated carbocycles. The maximum Gasteiger partial charge on any atom is 0.257 e. The summed E-state index contributed by atoms with van der Waals surface area (Å²) in [6, 6.07) is 7.80. The topological polar surface area (TPSA) is 58.4 Å². The highest BCUT2D eigenvalue weighted by atomic mass is 79.9. The number of likely N-dealkylation sites (tertiary alicyclic amines) is 1. The summed E-state index contributed by atoms with van der Waals surface area (Å²) in [7, 11) is 0. The van der Waals surface area contributed by atoms with Gasteiger partial charge in [0.2, 0.25) is 0 Å². The van der Waals surface area contributed by atoms with Crippen molar-refractivity contribution in [2.45, 2.75) is 25.9 Å². The summed E-state index contributed by atoms with van der Waals surface area (Å²) in [6.07, 6.45) is 2.64. The summed E-state index contributed by atoms with van der Waals surface area (Å²) in [5.74, 6) is -0.00670. The first-order valence-corrected chi connectivity index (χ1v) is 8.13.